The Morgan fingerprint density at radius 3 is 2.12 bits per heavy atom. The standard InChI is InChI=1S/C24H16F4N2O3/c25-16-11-9-14(10-12-16)20-19-21(33-30(20)17-6-2-1-3-7-17)23(32)29(22(19)31)18-8-4-5-15(13-18)24(26,27)28/h1-13,19-21H. The highest BCUT2D eigenvalue weighted by Gasteiger charge is 2.60. The Hall–Kier alpha value is -3.72. The average molecular weight is 456 g/mol. The van der Waals surface area contributed by atoms with Crippen LogP contribution in [0.25, 0.3) is 0 Å². The lowest BCUT2D eigenvalue weighted by atomic mass is 9.90. The molecule has 2 fully saturated rings. The van der Waals surface area contributed by atoms with Crippen LogP contribution in [-0.4, -0.2) is 17.9 Å². The summed E-state index contributed by atoms with van der Waals surface area (Å²) in [5.41, 5.74) is -0.0474. The first-order valence-electron chi connectivity index (χ1n) is 10.1. The van der Waals surface area contributed by atoms with Crippen LogP contribution in [0.15, 0.2) is 78.9 Å². The number of anilines is 2. The van der Waals surface area contributed by atoms with E-state index < -0.39 is 47.4 Å². The minimum atomic E-state index is -4.63. The van der Waals surface area contributed by atoms with Crippen molar-refractivity contribution in [2.75, 3.05) is 9.96 Å². The van der Waals surface area contributed by atoms with E-state index in [2.05, 4.69) is 0 Å². The molecule has 3 atom stereocenters. The van der Waals surface area contributed by atoms with Gasteiger partial charge in [-0.15, -0.1) is 0 Å². The molecule has 0 aromatic heterocycles. The first-order chi connectivity index (χ1) is 15.8. The molecule has 2 heterocycles. The van der Waals surface area contributed by atoms with E-state index in [-0.39, 0.29) is 5.69 Å². The van der Waals surface area contributed by atoms with Gasteiger partial charge in [-0.05, 0) is 48.0 Å². The minimum Gasteiger partial charge on any atom is -0.273 e. The zero-order valence-electron chi connectivity index (χ0n) is 16.9. The Morgan fingerprint density at radius 1 is 0.788 bits per heavy atom. The maximum Gasteiger partial charge on any atom is 0.416 e. The van der Waals surface area contributed by atoms with Crippen LogP contribution in [0.1, 0.15) is 17.2 Å². The van der Waals surface area contributed by atoms with Crippen molar-refractivity contribution in [1.29, 1.82) is 0 Å². The number of carbonyl (C=O) groups is 2. The maximum atomic E-state index is 13.6. The molecule has 3 aromatic carbocycles. The van der Waals surface area contributed by atoms with Gasteiger partial charge in [0, 0.05) is 0 Å². The fraction of sp³-hybridized carbons (Fsp3) is 0.167. The maximum absolute atomic E-state index is 13.6. The van der Waals surface area contributed by atoms with Gasteiger partial charge in [0.25, 0.3) is 5.91 Å². The van der Waals surface area contributed by atoms with Crippen LogP contribution >= 0.6 is 0 Å². The molecule has 3 unspecified atom stereocenters. The van der Waals surface area contributed by atoms with Crippen LogP contribution in [0.5, 0.6) is 0 Å². The molecule has 5 rings (SSSR count). The van der Waals surface area contributed by atoms with Crippen LogP contribution in [0.4, 0.5) is 28.9 Å². The third-order valence-electron chi connectivity index (χ3n) is 5.77. The molecule has 9 heteroatoms. The number of nitrogens with zero attached hydrogens (tertiary/aromatic N) is 2. The summed E-state index contributed by atoms with van der Waals surface area (Å²) in [4.78, 5) is 33.3. The van der Waals surface area contributed by atoms with Gasteiger partial charge in [-0.3, -0.25) is 14.4 Å². The lowest BCUT2D eigenvalue weighted by Gasteiger charge is -2.28. The number of halogens is 4. The van der Waals surface area contributed by atoms with Crippen LogP contribution in [-0.2, 0) is 20.6 Å². The molecule has 0 spiro atoms. The first-order valence-corrected chi connectivity index (χ1v) is 10.1. The van der Waals surface area contributed by atoms with E-state index in [1.165, 1.54) is 35.4 Å². The van der Waals surface area contributed by atoms with Crippen molar-refractivity contribution in [2.24, 2.45) is 5.92 Å². The predicted molar refractivity (Wildman–Crippen MR) is 110 cm³/mol. The van der Waals surface area contributed by atoms with Gasteiger partial charge in [-0.2, -0.15) is 13.2 Å². The molecule has 0 radical (unpaired) electrons. The van der Waals surface area contributed by atoms with Gasteiger partial charge >= 0.3 is 6.18 Å². The van der Waals surface area contributed by atoms with Crippen molar-refractivity contribution in [3.63, 3.8) is 0 Å². The third-order valence-corrected chi connectivity index (χ3v) is 5.77. The second kappa shape index (κ2) is 7.70. The van der Waals surface area contributed by atoms with E-state index in [1.54, 1.807) is 30.3 Å². The van der Waals surface area contributed by atoms with Gasteiger partial charge in [0.15, 0.2) is 6.10 Å². The van der Waals surface area contributed by atoms with Crippen molar-refractivity contribution < 1.29 is 32.0 Å². The fourth-order valence-electron chi connectivity index (χ4n) is 4.29. The number of carbonyl (C=O) groups excluding carboxylic acids is 2. The number of imide groups is 1. The highest BCUT2D eigenvalue weighted by molar-refractivity contribution is 6.24. The highest BCUT2D eigenvalue weighted by atomic mass is 19.4. The van der Waals surface area contributed by atoms with Gasteiger partial charge in [-0.1, -0.05) is 36.4 Å². The second-order valence-electron chi connectivity index (χ2n) is 7.77. The van der Waals surface area contributed by atoms with E-state index in [1.807, 2.05) is 0 Å². The molecule has 3 aromatic rings. The summed E-state index contributed by atoms with van der Waals surface area (Å²) < 4.78 is 53.1. The smallest absolute Gasteiger partial charge is 0.273 e. The molecule has 2 amide bonds. The summed E-state index contributed by atoms with van der Waals surface area (Å²) in [7, 11) is 0. The number of hydrogen-bond acceptors (Lipinski definition) is 4. The number of alkyl halides is 3. The van der Waals surface area contributed by atoms with Crippen molar-refractivity contribution in [3.8, 4) is 0 Å². The first kappa shape index (κ1) is 21.1. The van der Waals surface area contributed by atoms with Gasteiger partial charge in [-0.25, -0.2) is 14.4 Å². The molecule has 0 N–H and O–H groups in total. The predicted octanol–water partition coefficient (Wildman–Crippen LogP) is 4.90. The topological polar surface area (TPSA) is 49.9 Å². The van der Waals surface area contributed by atoms with Crippen molar-refractivity contribution in [2.45, 2.75) is 18.3 Å². The molecule has 2 saturated heterocycles. The summed E-state index contributed by atoms with van der Waals surface area (Å²) in [6.45, 7) is 0. The lowest BCUT2D eigenvalue weighted by molar-refractivity contribution is -0.137. The summed E-state index contributed by atoms with van der Waals surface area (Å²) >= 11 is 0. The largest absolute Gasteiger partial charge is 0.416 e. The molecule has 168 valence electrons. The Kier molecular flexibility index (Phi) is 4.93. The highest BCUT2D eigenvalue weighted by Crippen LogP contribution is 2.47. The normalized spacial score (nSPS) is 22.7. The van der Waals surface area contributed by atoms with Crippen LogP contribution in [0.2, 0.25) is 0 Å². The quantitative estimate of drug-likeness (QED) is 0.416. The van der Waals surface area contributed by atoms with Crippen molar-refractivity contribution in [3.05, 3.63) is 95.8 Å². The zero-order valence-corrected chi connectivity index (χ0v) is 16.9. The zero-order chi connectivity index (χ0) is 23.3. The second-order valence-corrected chi connectivity index (χ2v) is 7.77. The lowest BCUT2D eigenvalue weighted by Crippen LogP contribution is -2.37. The molecular weight excluding hydrogens is 440 g/mol. The molecular formula is C24H16F4N2O3. The van der Waals surface area contributed by atoms with E-state index in [4.69, 9.17) is 4.84 Å². The number of benzene rings is 3. The number of hydrogen-bond donors (Lipinski definition) is 0. The Bertz CT molecular complexity index is 1210. The van der Waals surface area contributed by atoms with Gasteiger partial charge in [0.1, 0.15) is 11.7 Å². The molecule has 5 nitrogen and oxygen atoms in total. The summed E-state index contributed by atoms with van der Waals surface area (Å²) in [6.07, 6.45) is -5.86. The van der Waals surface area contributed by atoms with Crippen LogP contribution in [0, 0.1) is 11.7 Å². The molecule has 0 saturated carbocycles. The molecule has 0 bridgehead atoms. The Morgan fingerprint density at radius 2 is 1.45 bits per heavy atom. The van der Waals surface area contributed by atoms with Crippen molar-refractivity contribution in [1.82, 2.24) is 0 Å². The SMILES string of the molecule is O=C1C2ON(c3ccccc3)C(c3ccc(F)cc3)C2C(=O)N1c1cccc(C(F)(F)F)c1. The van der Waals surface area contributed by atoms with E-state index in [0.717, 1.165) is 23.1 Å². The van der Waals surface area contributed by atoms with E-state index >= 15 is 0 Å². The number of rotatable bonds is 3. The number of amides is 2. The van der Waals surface area contributed by atoms with E-state index in [9.17, 15) is 27.2 Å². The third kappa shape index (κ3) is 3.54. The summed E-state index contributed by atoms with van der Waals surface area (Å²) in [5, 5.41) is 1.43. The van der Waals surface area contributed by atoms with E-state index in [0.29, 0.717) is 11.3 Å². The Balaban J connectivity index is 1.57. The van der Waals surface area contributed by atoms with Gasteiger partial charge in [0.05, 0.1) is 23.0 Å². The monoisotopic (exact) mass is 456 g/mol. The summed E-state index contributed by atoms with van der Waals surface area (Å²) in [6, 6.07) is 17.5. The Labute approximate surface area is 185 Å². The minimum absolute atomic E-state index is 0.179. The number of fused-ring (bicyclic) bond motifs is 1. The average Bonchev–Trinajstić information content (AvgIpc) is 3.30. The van der Waals surface area contributed by atoms with Gasteiger partial charge < -0.3 is 0 Å². The van der Waals surface area contributed by atoms with Crippen LogP contribution in [0.3, 0.4) is 0 Å². The van der Waals surface area contributed by atoms with Gasteiger partial charge in [0.2, 0.25) is 5.91 Å². The molecule has 2 aliphatic heterocycles. The molecule has 2 aliphatic rings. The number of hydroxylamine groups is 1. The fourth-order valence-corrected chi connectivity index (χ4v) is 4.29. The van der Waals surface area contributed by atoms with Crippen LogP contribution < -0.4 is 9.96 Å². The summed E-state index contributed by atoms with van der Waals surface area (Å²) in [5.74, 6) is -2.94. The molecule has 33 heavy (non-hydrogen) atoms. The molecule has 0 aliphatic carbocycles. The van der Waals surface area contributed by atoms with Crippen molar-refractivity contribution >= 4 is 23.2 Å². The number of para-hydroxylation sites is 1.